The molecule has 0 saturated carbocycles. The van der Waals surface area contributed by atoms with Crippen LogP contribution in [-0.2, 0) is 0 Å². The van der Waals surface area contributed by atoms with Gasteiger partial charge in [-0.05, 0) is 30.3 Å². The summed E-state index contributed by atoms with van der Waals surface area (Å²) in [7, 11) is 0. The summed E-state index contributed by atoms with van der Waals surface area (Å²) in [6.45, 7) is 0. The molecule has 1 heterocycles. The molecular formula is C11H10N2S. The maximum atomic E-state index is 5.69. The highest BCUT2D eigenvalue weighted by molar-refractivity contribution is 7.99. The average molecular weight is 202 g/mol. The van der Waals surface area contributed by atoms with Gasteiger partial charge in [0.1, 0.15) is 0 Å². The fourth-order valence-electron chi connectivity index (χ4n) is 1.12. The second-order valence-corrected chi connectivity index (χ2v) is 4.00. The van der Waals surface area contributed by atoms with E-state index in [4.69, 9.17) is 5.73 Å². The summed E-state index contributed by atoms with van der Waals surface area (Å²) in [5.41, 5.74) is 6.48. The van der Waals surface area contributed by atoms with Crippen molar-refractivity contribution in [3.63, 3.8) is 0 Å². The molecule has 0 aliphatic heterocycles. The number of anilines is 1. The van der Waals surface area contributed by atoms with Crippen molar-refractivity contribution >= 4 is 17.4 Å². The van der Waals surface area contributed by atoms with Crippen LogP contribution in [0.5, 0.6) is 0 Å². The van der Waals surface area contributed by atoms with E-state index < -0.39 is 0 Å². The molecule has 2 N–H and O–H groups in total. The molecular weight excluding hydrogens is 192 g/mol. The van der Waals surface area contributed by atoms with Gasteiger partial charge in [0.05, 0.1) is 0 Å². The lowest BCUT2D eigenvalue weighted by atomic mass is 10.3. The molecule has 2 rings (SSSR count). The van der Waals surface area contributed by atoms with Crippen LogP contribution in [-0.4, -0.2) is 4.98 Å². The van der Waals surface area contributed by atoms with Crippen LogP contribution in [0.15, 0.2) is 58.6 Å². The Balaban J connectivity index is 2.19. The number of nitrogens with two attached hydrogens (primary N) is 1. The van der Waals surface area contributed by atoms with Gasteiger partial charge >= 0.3 is 0 Å². The van der Waals surface area contributed by atoms with E-state index >= 15 is 0 Å². The number of nitrogens with zero attached hydrogens (tertiary/aromatic N) is 1. The monoisotopic (exact) mass is 202 g/mol. The van der Waals surface area contributed by atoms with Crippen molar-refractivity contribution < 1.29 is 0 Å². The Morgan fingerprint density at radius 1 is 1.00 bits per heavy atom. The third-order valence-corrected chi connectivity index (χ3v) is 2.74. The van der Waals surface area contributed by atoms with Crippen LogP contribution in [0.4, 0.5) is 5.69 Å². The van der Waals surface area contributed by atoms with Crippen molar-refractivity contribution in [1.29, 1.82) is 0 Å². The fraction of sp³-hybridized carbons (Fsp3) is 0. The zero-order valence-corrected chi connectivity index (χ0v) is 8.37. The Hall–Kier alpha value is -1.48. The summed E-state index contributed by atoms with van der Waals surface area (Å²) in [6, 6.07) is 11.8. The van der Waals surface area contributed by atoms with Crippen LogP contribution in [0.25, 0.3) is 0 Å². The summed E-state index contributed by atoms with van der Waals surface area (Å²) >= 11 is 1.68. The van der Waals surface area contributed by atoms with Gasteiger partial charge in [-0.25, -0.2) is 0 Å². The minimum atomic E-state index is 0.795. The van der Waals surface area contributed by atoms with Crippen molar-refractivity contribution in [1.82, 2.24) is 4.98 Å². The average Bonchev–Trinajstić information content (AvgIpc) is 2.19. The maximum absolute atomic E-state index is 5.69. The third kappa shape index (κ3) is 2.26. The number of nitrogen functional groups attached to an aromatic ring is 1. The smallest absolute Gasteiger partial charge is 0.0325 e. The van der Waals surface area contributed by atoms with Crippen LogP contribution in [0.2, 0.25) is 0 Å². The number of rotatable bonds is 2. The number of hydrogen-bond acceptors (Lipinski definition) is 3. The molecule has 1 aromatic carbocycles. The molecule has 2 nitrogen and oxygen atoms in total. The van der Waals surface area contributed by atoms with Crippen LogP contribution >= 0.6 is 11.8 Å². The molecule has 0 aliphatic rings. The van der Waals surface area contributed by atoms with Crippen molar-refractivity contribution in [2.75, 3.05) is 5.73 Å². The van der Waals surface area contributed by atoms with Gasteiger partial charge in [-0.15, -0.1) is 0 Å². The normalized spacial score (nSPS) is 10.0. The van der Waals surface area contributed by atoms with Gasteiger partial charge in [-0.3, -0.25) is 4.98 Å². The van der Waals surface area contributed by atoms with E-state index in [1.165, 1.54) is 4.90 Å². The van der Waals surface area contributed by atoms with Gasteiger partial charge in [0.25, 0.3) is 0 Å². The van der Waals surface area contributed by atoms with Crippen molar-refractivity contribution in [2.24, 2.45) is 0 Å². The predicted octanol–water partition coefficient (Wildman–Crippen LogP) is 2.82. The highest BCUT2D eigenvalue weighted by Gasteiger charge is 1.96. The van der Waals surface area contributed by atoms with Crippen molar-refractivity contribution in [2.45, 2.75) is 9.79 Å². The van der Waals surface area contributed by atoms with E-state index in [-0.39, 0.29) is 0 Å². The highest BCUT2D eigenvalue weighted by atomic mass is 32.2. The molecule has 0 fully saturated rings. The lowest BCUT2D eigenvalue weighted by Crippen LogP contribution is -1.83. The van der Waals surface area contributed by atoms with E-state index in [1.54, 1.807) is 24.2 Å². The molecule has 0 saturated heterocycles. The van der Waals surface area contributed by atoms with Gasteiger partial charge < -0.3 is 5.73 Å². The Morgan fingerprint density at radius 2 is 1.79 bits per heavy atom. The summed E-state index contributed by atoms with van der Waals surface area (Å²) < 4.78 is 0. The zero-order chi connectivity index (χ0) is 9.80. The van der Waals surface area contributed by atoms with E-state index in [0.717, 1.165) is 10.6 Å². The molecule has 0 atom stereocenters. The van der Waals surface area contributed by atoms with E-state index in [1.807, 2.05) is 36.4 Å². The van der Waals surface area contributed by atoms with Crippen LogP contribution in [0.3, 0.4) is 0 Å². The second kappa shape index (κ2) is 4.15. The fourth-order valence-corrected chi connectivity index (χ4v) is 1.99. The van der Waals surface area contributed by atoms with E-state index in [2.05, 4.69) is 4.98 Å². The largest absolute Gasteiger partial charge is 0.399 e. The number of hydrogen-bond donors (Lipinski definition) is 1. The first-order valence-electron chi connectivity index (χ1n) is 4.28. The summed E-state index contributed by atoms with van der Waals surface area (Å²) in [4.78, 5) is 6.29. The summed E-state index contributed by atoms with van der Waals surface area (Å²) in [5, 5.41) is 0. The minimum absolute atomic E-state index is 0.795. The second-order valence-electron chi connectivity index (χ2n) is 2.86. The Kier molecular flexibility index (Phi) is 2.70. The van der Waals surface area contributed by atoms with E-state index in [9.17, 15) is 0 Å². The molecule has 70 valence electrons. The molecule has 0 unspecified atom stereocenters. The summed E-state index contributed by atoms with van der Waals surface area (Å²) in [6.07, 6.45) is 3.57. The first-order chi connectivity index (χ1) is 6.84. The number of pyridine rings is 1. The lowest BCUT2D eigenvalue weighted by Gasteiger charge is -2.01. The van der Waals surface area contributed by atoms with Crippen molar-refractivity contribution in [3.8, 4) is 0 Å². The van der Waals surface area contributed by atoms with Crippen molar-refractivity contribution in [3.05, 3.63) is 48.8 Å². The molecule has 1 aromatic heterocycles. The Bertz CT molecular complexity index is 415. The first-order valence-corrected chi connectivity index (χ1v) is 5.10. The van der Waals surface area contributed by atoms with Gasteiger partial charge in [0.2, 0.25) is 0 Å². The quantitative estimate of drug-likeness (QED) is 0.761. The van der Waals surface area contributed by atoms with Gasteiger partial charge in [0.15, 0.2) is 0 Å². The van der Waals surface area contributed by atoms with Crippen LogP contribution < -0.4 is 5.73 Å². The van der Waals surface area contributed by atoms with Crippen LogP contribution in [0.1, 0.15) is 0 Å². The molecule has 0 radical (unpaired) electrons. The molecule has 3 heteroatoms. The first kappa shape index (κ1) is 9.09. The number of benzene rings is 1. The Morgan fingerprint density at radius 3 is 2.50 bits per heavy atom. The molecule has 2 aromatic rings. The standard InChI is InChI=1S/C11H10N2S/c12-9-2-1-3-11(8-9)14-10-4-6-13-7-5-10/h1-8H,12H2. The third-order valence-electron chi connectivity index (χ3n) is 1.74. The topological polar surface area (TPSA) is 38.9 Å². The molecule has 0 aliphatic carbocycles. The lowest BCUT2D eigenvalue weighted by molar-refractivity contribution is 1.26. The highest BCUT2D eigenvalue weighted by Crippen LogP contribution is 2.27. The predicted molar refractivity (Wildman–Crippen MR) is 59.2 cm³/mol. The molecule has 0 spiro atoms. The van der Waals surface area contributed by atoms with Gasteiger partial charge in [-0.1, -0.05) is 17.8 Å². The molecule has 0 amide bonds. The van der Waals surface area contributed by atoms with Gasteiger partial charge in [0, 0.05) is 27.9 Å². The summed E-state index contributed by atoms with van der Waals surface area (Å²) in [5.74, 6) is 0. The zero-order valence-electron chi connectivity index (χ0n) is 7.55. The van der Waals surface area contributed by atoms with Crippen LogP contribution in [0, 0.1) is 0 Å². The SMILES string of the molecule is Nc1cccc(Sc2ccncc2)c1. The van der Waals surface area contributed by atoms with E-state index in [0.29, 0.717) is 0 Å². The Labute approximate surface area is 87.2 Å². The maximum Gasteiger partial charge on any atom is 0.0325 e. The van der Waals surface area contributed by atoms with Gasteiger partial charge in [-0.2, -0.15) is 0 Å². The number of aromatic nitrogens is 1. The molecule has 14 heavy (non-hydrogen) atoms. The molecule has 0 bridgehead atoms. The minimum Gasteiger partial charge on any atom is -0.399 e.